The number of para-hydroxylation sites is 1. The number of carbonyl (C=O) groups is 1. The highest BCUT2D eigenvalue weighted by Crippen LogP contribution is 2.27. The summed E-state index contributed by atoms with van der Waals surface area (Å²) in [4.78, 5) is 12.0. The van der Waals surface area contributed by atoms with Crippen LogP contribution in [0.5, 0.6) is 5.75 Å². The van der Waals surface area contributed by atoms with Gasteiger partial charge in [0.15, 0.2) is 0 Å². The monoisotopic (exact) mass is 279 g/mol. The van der Waals surface area contributed by atoms with Gasteiger partial charge in [0.05, 0.1) is 6.42 Å². The van der Waals surface area contributed by atoms with E-state index >= 15 is 0 Å². The summed E-state index contributed by atoms with van der Waals surface area (Å²) in [6, 6.07) is 7.32. The Bertz CT molecular complexity index is 428. The van der Waals surface area contributed by atoms with Crippen LogP contribution in [0.25, 0.3) is 0 Å². The highest BCUT2D eigenvalue weighted by atomic mass is 32.2. The standard InChI is InChI=1S/C15H21NO2S/c1-19-13-8-6-12(7-9-13)16-15(18)10-11-4-2-3-5-14(11)17/h2-5,12-13,17H,6-10H2,1H3,(H,16,18). The van der Waals surface area contributed by atoms with Gasteiger partial charge in [0.2, 0.25) is 5.91 Å². The van der Waals surface area contributed by atoms with Gasteiger partial charge in [-0.25, -0.2) is 0 Å². The lowest BCUT2D eigenvalue weighted by molar-refractivity contribution is -0.121. The van der Waals surface area contributed by atoms with Crippen molar-refractivity contribution in [2.24, 2.45) is 0 Å². The van der Waals surface area contributed by atoms with Crippen molar-refractivity contribution >= 4 is 17.7 Å². The molecular formula is C15H21NO2S. The van der Waals surface area contributed by atoms with Gasteiger partial charge in [-0.3, -0.25) is 4.79 Å². The van der Waals surface area contributed by atoms with Crippen LogP contribution >= 0.6 is 11.8 Å². The molecule has 1 aromatic carbocycles. The molecule has 0 spiro atoms. The molecule has 4 heteroatoms. The molecule has 0 radical (unpaired) electrons. The van der Waals surface area contributed by atoms with Crippen molar-refractivity contribution < 1.29 is 9.90 Å². The van der Waals surface area contributed by atoms with Crippen LogP contribution in [-0.4, -0.2) is 28.6 Å². The number of rotatable bonds is 4. The van der Waals surface area contributed by atoms with Crippen molar-refractivity contribution in [1.82, 2.24) is 5.32 Å². The van der Waals surface area contributed by atoms with Gasteiger partial charge in [-0.15, -0.1) is 0 Å². The molecule has 2 rings (SSSR count). The van der Waals surface area contributed by atoms with E-state index in [-0.39, 0.29) is 18.1 Å². The largest absolute Gasteiger partial charge is 0.508 e. The van der Waals surface area contributed by atoms with Gasteiger partial charge in [0.25, 0.3) is 0 Å². The third-order valence-electron chi connectivity index (χ3n) is 3.72. The molecule has 0 saturated heterocycles. The van der Waals surface area contributed by atoms with Crippen LogP contribution in [0.15, 0.2) is 24.3 Å². The van der Waals surface area contributed by atoms with E-state index in [9.17, 15) is 9.90 Å². The maximum atomic E-state index is 12.0. The summed E-state index contributed by atoms with van der Waals surface area (Å²) in [5, 5.41) is 13.5. The van der Waals surface area contributed by atoms with Crippen LogP contribution in [0.1, 0.15) is 31.2 Å². The highest BCUT2D eigenvalue weighted by molar-refractivity contribution is 7.99. The van der Waals surface area contributed by atoms with Gasteiger partial charge < -0.3 is 10.4 Å². The average molecular weight is 279 g/mol. The molecule has 0 atom stereocenters. The molecule has 1 saturated carbocycles. The summed E-state index contributed by atoms with van der Waals surface area (Å²) < 4.78 is 0. The van der Waals surface area contributed by atoms with E-state index in [2.05, 4.69) is 11.6 Å². The number of amides is 1. The van der Waals surface area contributed by atoms with Crippen LogP contribution in [0, 0.1) is 0 Å². The number of hydrogen-bond donors (Lipinski definition) is 2. The maximum Gasteiger partial charge on any atom is 0.224 e. The summed E-state index contributed by atoms with van der Waals surface area (Å²) >= 11 is 1.93. The zero-order chi connectivity index (χ0) is 13.7. The van der Waals surface area contributed by atoms with Gasteiger partial charge in [-0.05, 0) is 38.0 Å². The first-order valence-corrected chi connectivity index (χ1v) is 8.07. The SMILES string of the molecule is CSC1CCC(NC(=O)Cc2ccccc2O)CC1. The van der Waals surface area contributed by atoms with Crippen LogP contribution in [0.4, 0.5) is 0 Å². The fourth-order valence-corrected chi connectivity index (χ4v) is 3.30. The zero-order valence-corrected chi connectivity index (χ0v) is 12.1. The minimum atomic E-state index is 0.00843. The van der Waals surface area contributed by atoms with Crippen molar-refractivity contribution in [1.29, 1.82) is 0 Å². The summed E-state index contributed by atoms with van der Waals surface area (Å²) in [6.45, 7) is 0. The van der Waals surface area contributed by atoms with E-state index in [1.165, 1.54) is 12.8 Å². The molecule has 1 amide bonds. The number of carbonyl (C=O) groups excluding carboxylic acids is 1. The molecule has 0 aromatic heterocycles. The number of phenols is 1. The number of benzene rings is 1. The molecule has 3 nitrogen and oxygen atoms in total. The Morgan fingerprint density at radius 2 is 2.00 bits per heavy atom. The van der Waals surface area contributed by atoms with Crippen molar-refractivity contribution in [3.05, 3.63) is 29.8 Å². The first-order valence-electron chi connectivity index (χ1n) is 6.78. The van der Waals surface area contributed by atoms with Crippen molar-refractivity contribution in [2.75, 3.05) is 6.26 Å². The Kier molecular flexibility index (Phi) is 5.14. The lowest BCUT2D eigenvalue weighted by Crippen LogP contribution is -2.38. The normalized spacial score (nSPS) is 23.0. The van der Waals surface area contributed by atoms with E-state index in [0.717, 1.165) is 18.1 Å². The third-order valence-corrected chi connectivity index (χ3v) is 4.85. The van der Waals surface area contributed by atoms with Crippen LogP contribution < -0.4 is 5.32 Å². The van der Waals surface area contributed by atoms with Crippen molar-refractivity contribution in [3.63, 3.8) is 0 Å². The Balaban J connectivity index is 1.81. The maximum absolute atomic E-state index is 12.0. The summed E-state index contributed by atoms with van der Waals surface area (Å²) in [7, 11) is 0. The van der Waals surface area contributed by atoms with Gasteiger partial charge in [0.1, 0.15) is 5.75 Å². The van der Waals surface area contributed by atoms with Gasteiger partial charge in [-0.2, -0.15) is 11.8 Å². The van der Waals surface area contributed by atoms with Gasteiger partial charge in [-0.1, -0.05) is 18.2 Å². The molecule has 1 aliphatic rings. The zero-order valence-electron chi connectivity index (χ0n) is 11.3. The average Bonchev–Trinajstić information content (AvgIpc) is 2.42. The Labute approximate surface area is 118 Å². The summed E-state index contributed by atoms with van der Waals surface area (Å²) in [6.07, 6.45) is 6.92. The second-order valence-corrected chi connectivity index (χ2v) is 6.22. The first-order chi connectivity index (χ1) is 9.19. The van der Waals surface area contributed by atoms with Crippen LogP contribution in [-0.2, 0) is 11.2 Å². The lowest BCUT2D eigenvalue weighted by Gasteiger charge is -2.28. The van der Waals surface area contributed by atoms with E-state index < -0.39 is 0 Å². The molecule has 0 heterocycles. The van der Waals surface area contributed by atoms with E-state index in [1.807, 2.05) is 17.8 Å². The van der Waals surface area contributed by atoms with E-state index in [4.69, 9.17) is 0 Å². The second-order valence-electron chi connectivity index (χ2n) is 5.08. The number of phenolic OH excluding ortho intramolecular Hbond substituents is 1. The predicted octanol–water partition coefficient (Wildman–Crippen LogP) is 2.73. The van der Waals surface area contributed by atoms with Crippen LogP contribution in [0.3, 0.4) is 0 Å². The molecule has 19 heavy (non-hydrogen) atoms. The third kappa shape index (κ3) is 4.16. The van der Waals surface area contributed by atoms with E-state index in [1.54, 1.807) is 18.2 Å². The highest BCUT2D eigenvalue weighted by Gasteiger charge is 2.21. The second kappa shape index (κ2) is 6.85. The minimum absolute atomic E-state index is 0.00843. The Hall–Kier alpha value is -1.16. The minimum Gasteiger partial charge on any atom is -0.508 e. The smallest absolute Gasteiger partial charge is 0.224 e. The van der Waals surface area contributed by atoms with Crippen LogP contribution in [0.2, 0.25) is 0 Å². The predicted molar refractivity (Wildman–Crippen MR) is 79.5 cm³/mol. The van der Waals surface area contributed by atoms with Crippen molar-refractivity contribution in [2.45, 2.75) is 43.4 Å². The molecule has 1 fully saturated rings. The number of aromatic hydroxyl groups is 1. The summed E-state index contributed by atoms with van der Waals surface area (Å²) in [5.41, 5.74) is 0.692. The fourth-order valence-electron chi connectivity index (χ4n) is 2.55. The summed E-state index contributed by atoms with van der Waals surface area (Å²) in [5.74, 6) is 0.206. The van der Waals surface area contributed by atoms with Gasteiger partial charge in [0, 0.05) is 16.9 Å². The molecule has 0 aliphatic heterocycles. The molecule has 104 valence electrons. The van der Waals surface area contributed by atoms with Gasteiger partial charge >= 0.3 is 0 Å². The number of nitrogens with one attached hydrogen (secondary N) is 1. The molecule has 1 aromatic rings. The molecule has 0 bridgehead atoms. The molecular weight excluding hydrogens is 258 g/mol. The topological polar surface area (TPSA) is 49.3 Å². The Morgan fingerprint density at radius 1 is 1.32 bits per heavy atom. The Morgan fingerprint density at radius 3 is 2.63 bits per heavy atom. The molecule has 0 unspecified atom stereocenters. The lowest BCUT2D eigenvalue weighted by atomic mass is 9.94. The number of hydrogen-bond acceptors (Lipinski definition) is 3. The first kappa shape index (κ1) is 14.3. The van der Waals surface area contributed by atoms with E-state index in [0.29, 0.717) is 11.6 Å². The molecule has 1 aliphatic carbocycles. The molecule has 2 N–H and O–H groups in total. The fraction of sp³-hybridized carbons (Fsp3) is 0.533. The number of thioether (sulfide) groups is 1. The quantitative estimate of drug-likeness (QED) is 0.891. The van der Waals surface area contributed by atoms with Crippen molar-refractivity contribution in [3.8, 4) is 5.75 Å².